The molecule has 1 aliphatic rings. The molecule has 0 aliphatic carbocycles. The van der Waals surface area contributed by atoms with Gasteiger partial charge in [0.05, 0.1) is 10.9 Å². The predicted octanol–water partition coefficient (Wildman–Crippen LogP) is 2.84. The van der Waals surface area contributed by atoms with Crippen molar-refractivity contribution < 1.29 is 13.2 Å². The fraction of sp³-hybridized carbons (Fsp3) is 0.316. The standard InChI is InChI=1S/C19H22ClN3O3S/c20-17-5-1-2-6-18(17)27(25,26)22-16-9-7-14(8-10-16)12-23-11-3-4-15(13-23)19(21)24/h1-2,5-10,15,22H,3-4,11-13H2,(H2,21,24)/t15-/m0/s1. The first-order valence-electron chi connectivity index (χ1n) is 8.73. The average molecular weight is 408 g/mol. The summed E-state index contributed by atoms with van der Waals surface area (Å²) in [6.45, 7) is 2.28. The number of halogens is 1. The number of nitrogens with zero attached hydrogens (tertiary/aromatic N) is 1. The van der Waals surface area contributed by atoms with Crippen LogP contribution in [0.4, 0.5) is 5.69 Å². The van der Waals surface area contributed by atoms with Gasteiger partial charge < -0.3 is 5.73 Å². The molecular weight excluding hydrogens is 386 g/mol. The third-order valence-electron chi connectivity index (χ3n) is 4.65. The molecule has 2 aromatic carbocycles. The lowest BCUT2D eigenvalue weighted by Gasteiger charge is -2.31. The van der Waals surface area contributed by atoms with Crippen LogP contribution in [0.2, 0.25) is 5.02 Å². The van der Waals surface area contributed by atoms with Crippen LogP contribution >= 0.6 is 11.6 Å². The van der Waals surface area contributed by atoms with Gasteiger partial charge in [-0.25, -0.2) is 8.42 Å². The van der Waals surface area contributed by atoms with E-state index in [1.807, 2.05) is 12.1 Å². The average Bonchev–Trinajstić information content (AvgIpc) is 2.63. The maximum absolute atomic E-state index is 12.5. The minimum absolute atomic E-state index is 0.0431. The number of hydrogen-bond acceptors (Lipinski definition) is 4. The number of carbonyl (C=O) groups is 1. The van der Waals surface area contributed by atoms with Gasteiger partial charge in [-0.1, -0.05) is 35.9 Å². The van der Waals surface area contributed by atoms with Crippen molar-refractivity contribution in [3.63, 3.8) is 0 Å². The van der Waals surface area contributed by atoms with Crippen molar-refractivity contribution in [2.75, 3.05) is 17.8 Å². The number of hydrogen-bond donors (Lipinski definition) is 2. The van der Waals surface area contributed by atoms with Crippen LogP contribution in [-0.4, -0.2) is 32.3 Å². The molecule has 1 saturated heterocycles. The van der Waals surface area contributed by atoms with Crippen LogP contribution in [0.3, 0.4) is 0 Å². The van der Waals surface area contributed by atoms with Crippen molar-refractivity contribution >= 4 is 33.2 Å². The molecule has 0 bridgehead atoms. The van der Waals surface area contributed by atoms with Gasteiger partial charge in [-0.2, -0.15) is 0 Å². The number of anilines is 1. The smallest absolute Gasteiger partial charge is 0.263 e. The van der Waals surface area contributed by atoms with Gasteiger partial charge in [-0.15, -0.1) is 0 Å². The molecule has 1 heterocycles. The summed E-state index contributed by atoms with van der Waals surface area (Å²) in [7, 11) is -3.74. The van der Waals surface area contributed by atoms with Crippen molar-refractivity contribution in [2.45, 2.75) is 24.3 Å². The number of likely N-dealkylation sites (tertiary alicyclic amines) is 1. The molecule has 0 radical (unpaired) electrons. The second-order valence-electron chi connectivity index (χ2n) is 6.71. The summed E-state index contributed by atoms with van der Waals surface area (Å²) in [5.41, 5.74) is 6.93. The van der Waals surface area contributed by atoms with E-state index in [-0.39, 0.29) is 21.7 Å². The highest BCUT2D eigenvalue weighted by Crippen LogP contribution is 2.24. The number of rotatable bonds is 6. The summed E-state index contributed by atoms with van der Waals surface area (Å²) in [5, 5.41) is 0.177. The van der Waals surface area contributed by atoms with Gasteiger partial charge in [-0.3, -0.25) is 14.4 Å². The first-order chi connectivity index (χ1) is 12.8. The lowest BCUT2D eigenvalue weighted by atomic mass is 9.97. The Morgan fingerprint density at radius 1 is 1.19 bits per heavy atom. The van der Waals surface area contributed by atoms with Crippen molar-refractivity contribution in [3.8, 4) is 0 Å². The monoisotopic (exact) mass is 407 g/mol. The second kappa shape index (κ2) is 8.29. The van der Waals surface area contributed by atoms with E-state index >= 15 is 0 Å². The lowest BCUT2D eigenvalue weighted by molar-refractivity contribution is -0.123. The number of primary amides is 1. The molecule has 1 atom stereocenters. The Bertz CT molecular complexity index is 916. The summed E-state index contributed by atoms with van der Waals surface area (Å²) in [6, 6.07) is 13.5. The molecule has 3 rings (SSSR count). The summed E-state index contributed by atoms with van der Waals surface area (Å²) >= 11 is 5.99. The Kier molecular flexibility index (Phi) is 6.04. The third kappa shape index (κ3) is 5.00. The highest BCUT2D eigenvalue weighted by Gasteiger charge is 2.24. The molecule has 8 heteroatoms. The van der Waals surface area contributed by atoms with Crippen LogP contribution < -0.4 is 10.5 Å². The molecule has 6 nitrogen and oxygen atoms in total. The van der Waals surface area contributed by atoms with Crippen molar-refractivity contribution in [3.05, 3.63) is 59.1 Å². The van der Waals surface area contributed by atoms with Crippen molar-refractivity contribution in [1.82, 2.24) is 4.90 Å². The maximum atomic E-state index is 12.5. The molecule has 0 saturated carbocycles. The second-order valence-corrected chi connectivity index (χ2v) is 8.77. The van der Waals surface area contributed by atoms with Crippen LogP contribution in [0.1, 0.15) is 18.4 Å². The first kappa shape index (κ1) is 19.7. The number of benzene rings is 2. The molecule has 0 aromatic heterocycles. The van der Waals surface area contributed by atoms with Gasteiger partial charge in [0.15, 0.2) is 0 Å². The molecule has 144 valence electrons. The van der Waals surface area contributed by atoms with Crippen LogP contribution in [0, 0.1) is 5.92 Å². The molecule has 1 aliphatic heterocycles. The van der Waals surface area contributed by atoms with E-state index in [0.29, 0.717) is 18.8 Å². The molecule has 1 amide bonds. The fourth-order valence-corrected chi connectivity index (χ4v) is 4.82. The van der Waals surface area contributed by atoms with Gasteiger partial charge in [0.2, 0.25) is 5.91 Å². The molecular formula is C19H22ClN3O3S. The lowest BCUT2D eigenvalue weighted by Crippen LogP contribution is -2.40. The van der Waals surface area contributed by atoms with E-state index < -0.39 is 10.0 Å². The van der Waals surface area contributed by atoms with Gasteiger partial charge in [0.25, 0.3) is 10.0 Å². The first-order valence-corrected chi connectivity index (χ1v) is 10.6. The van der Waals surface area contributed by atoms with Gasteiger partial charge in [0.1, 0.15) is 4.90 Å². The Morgan fingerprint density at radius 3 is 2.56 bits per heavy atom. The number of piperidine rings is 1. The zero-order chi connectivity index (χ0) is 19.4. The van der Waals surface area contributed by atoms with Gasteiger partial charge >= 0.3 is 0 Å². The molecule has 1 fully saturated rings. The molecule has 3 N–H and O–H groups in total. The van der Waals surface area contributed by atoms with E-state index in [9.17, 15) is 13.2 Å². The van der Waals surface area contributed by atoms with Crippen LogP contribution in [0.5, 0.6) is 0 Å². The third-order valence-corrected chi connectivity index (χ3v) is 6.53. The summed E-state index contributed by atoms with van der Waals surface area (Å²) < 4.78 is 27.5. The predicted molar refractivity (Wildman–Crippen MR) is 106 cm³/mol. The quantitative estimate of drug-likeness (QED) is 0.770. The zero-order valence-electron chi connectivity index (χ0n) is 14.8. The Hall–Kier alpha value is -2.09. The van der Waals surface area contributed by atoms with E-state index in [0.717, 1.165) is 24.9 Å². The Balaban J connectivity index is 1.65. The number of carbonyl (C=O) groups excluding carboxylic acids is 1. The molecule has 0 spiro atoms. The number of amides is 1. The van der Waals surface area contributed by atoms with Crippen LogP contribution in [0.15, 0.2) is 53.4 Å². The number of nitrogens with two attached hydrogens (primary N) is 1. The van der Waals surface area contributed by atoms with Gasteiger partial charge in [-0.05, 0) is 49.2 Å². The SMILES string of the molecule is NC(=O)[C@H]1CCCN(Cc2ccc(NS(=O)(=O)c3ccccc3Cl)cc2)C1. The molecule has 0 unspecified atom stereocenters. The van der Waals surface area contributed by atoms with Crippen molar-refractivity contribution in [1.29, 1.82) is 0 Å². The van der Waals surface area contributed by atoms with Crippen LogP contribution in [-0.2, 0) is 21.4 Å². The van der Waals surface area contributed by atoms with E-state index in [4.69, 9.17) is 17.3 Å². The van der Waals surface area contributed by atoms with Gasteiger partial charge in [0, 0.05) is 18.8 Å². The van der Waals surface area contributed by atoms with E-state index in [1.54, 1.807) is 24.3 Å². The number of sulfonamides is 1. The van der Waals surface area contributed by atoms with E-state index in [2.05, 4.69) is 9.62 Å². The largest absolute Gasteiger partial charge is 0.369 e. The molecule has 2 aromatic rings. The maximum Gasteiger partial charge on any atom is 0.263 e. The Morgan fingerprint density at radius 2 is 1.89 bits per heavy atom. The number of nitrogens with one attached hydrogen (secondary N) is 1. The Labute approximate surface area is 164 Å². The normalized spacial score (nSPS) is 18.2. The highest BCUT2D eigenvalue weighted by molar-refractivity contribution is 7.92. The van der Waals surface area contributed by atoms with E-state index in [1.165, 1.54) is 12.1 Å². The summed E-state index contributed by atoms with van der Waals surface area (Å²) in [5.74, 6) is -0.343. The highest BCUT2D eigenvalue weighted by atomic mass is 35.5. The fourth-order valence-electron chi connectivity index (χ4n) is 3.24. The minimum atomic E-state index is -3.74. The van der Waals surface area contributed by atoms with Crippen LogP contribution in [0.25, 0.3) is 0 Å². The topological polar surface area (TPSA) is 92.5 Å². The minimum Gasteiger partial charge on any atom is -0.369 e. The zero-order valence-corrected chi connectivity index (χ0v) is 16.3. The summed E-state index contributed by atoms with van der Waals surface area (Å²) in [4.78, 5) is 13.6. The molecule has 27 heavy (non-hydrogen) atoms. The summed E-state index contributed by atoms with van der Waals surface area (Å²) in [6.07, 6.45) is 1.79. The van der Waals surface area contributed by atoms with Crippen molar-refractivity contribution in [2.24, 2.45) is 11.7 Å².